The summed E-state index contributed by atoms with van der Waals surface area (Å²) in [5, 5.41) is 5.15. The van der Waals surface area contributed by atoms with Crippen LogP contribution in [0.5, 0.6) is 0 Å². The minimum absolute atomic E-state index is 0.00967. The Balaban J connectivity index is 1.36. The van der Waals surface area contributed by atoms with Gasteiger partial charge in [0.25, 0.3) is 5.91 Å². The average molecular weight is 372 g/mol. The minimum Gasteiger partial charge on any atom is -0.350 e. The number of hydrogen-bond acceptors (Lipinski definition) is 2. The van der Waals surface area contributed by atoms with Crippen LogP contribution in [0.15, 0.2) is 60.7 Å². The van der Waals surface area contributed by atoms with Crippen molar-refractivity contribution in [3.8, 4) is 0 Å². The van der Waals surface area contributed by atoms with Crippen LogP contribution in [0, 0.1) is 6.92 Å². The van der Waals surface area contributed by atoms with Gasteiger partial charge in [-0.25, -0.2) is 0 Å². The van der Waals surface area contributed by atoms with Crippen LogP contribution >= 0.6 is 0 Å². The second-order valence-electron chi connectivity index (χ2n) is 7.44. The topological polar surface area (TPSA) is 49.4 Å². The largest absolute Gasteiger partial charge is 0.350 e. The number of nitrogens with one attached hydrogen (secondary N) is 1. The third-order valence-electron chi connectivity index (χ3n) is 5.39. The van der Waals surface area contributed by atoms with Crippen molar-refractivity contribution in [2.24, 2.45) is 0 Å². The highest BCUT2D eigenvalue weighted by Crippen LogP contribution is 2.37. The normalized spacial score (nSPS) is 13.8. The zero-order chi connectivity index (χ0) is 19.7. The van der Waals surface area contributed by atoms with Crippen LogP contribution < -0.4 is 10.2 Å². The minimum atomic E-state index is -0.0282. The van der Waals surface area contributed by atoms with E-state index in [-0.39, 0.29) is 17.9 Å². The van der Waals surface area contributed by atoms with Gasteiger partial charge in [0.15, 0.2) is 0 Å². The summed E-state index contributed by atoms with van der Waals surface area (Å²) < 4.78 is 0. The molecular weight excluding hydrogens is 348 g/mol. The van der Waals surface area contributed by atoms with Crippen LogP contribution in [0.1, 0.15) is 47.3 Å². The number of carbonyl (C=O) groups excluding carboxylic acids is 2. The Morgan fingerprint density at radius 1 is 1.04 bits per heavy atom. The molecule has 0 saturated heterocycles. The van der Waals surface area contributed by atoms with Crippen LogP contribution in [0.25, 0.3) is 10.8 Å². The van der Waals surface area contributed by atoms with E-state index in [1.807, 2.05) is 62.4 Å². The smallest absolute Gasteiger partial charge is 0.258 e. The number of benzene rings is 3. The molecule has 0 aromatic heterocycles. The Bertz CT molecular complexity index is 1030. The van der Waals surface area contributed by atoms with Crippen molar-refractivity contribution >= 4 is 28.3 Å². The van der Waals surface area contributed by atoms with Gasteiger partial charge in [-0.3, -0.25) is 9.59 Å². The summed E-state index contributed by atoms with van der Waals surface area (Å²) in [6.45, 7) is 4.58. The molecule has 0 spiro atoms. The Morgan fingerprint density at radius 2 is 1.75 bits per heavy atom. The summed E-state index contributed by atoms with van der Waals surface area (Å²) in [5.41, 5.74) is 4.00. The Hall–Kier alpha value is -3.14. The SMILES string of the molecule is Cc1ccc([C@H](C)NC(=O)CCCN2C(=O)c3cccc4cccc2c34)cc1. The molecule has 1 aliphatic rings. The summed E-state index contributed by atoms with van der Waals surface area (Å²) in [5.74, 6) is 0.0377. The predicted molar refractivity (Wildman–Crippen MR) is 113 cm³/mol. The number of hydrogen-bond donors (Lipinski definition) is 1. The Kier molecular flexibility index (Phi) is 4.86. The first-order valence-corrected chi connectivity index (χ1v) is 9.74. The van der Waals surface area contributed by atoms with Gasteiger partial charge in [0.1, 0.15) is 0 Å². The Morgan fingerprint density at radius 3 is 2.50 bits per heavy atom. The van der Waals surface area contributed by atoms with Gasteiger partial charge >= 0.3 is 0 Å². The van der Waals surface area contributed by atoms with Crippen molar-refractivity contribution in [3.05, 3.63) is 77.4 Å². The second kappa shape index (κ2) is 7.47. The van der Waals surface area contributed by atoms with Crippen molar-refractivity contribution in [1.29, 1.82) is 0 Å². The van der Waals surface area contributed by atoms with Gasteiger partial charge in [-0.15, -0.1) is 0 Å². The highest BCUT2D eigenvalue weighted by atomic mass is 16.2. The molecular formula is C24H24N2O2. The standard InChI is InChI=1S/C24H24N2O2/c1-16-11-13-18(14-12-16)17(2)25-22(27)10-5-15-26-21-9-4-7-19-6-3-8-20(23(19)21)24(26)28/h3-4,6-9,11-14,17H,5,10,15H2,1-2H3,(H,25,27)/t17-/m0/s1. The molecule has 0 radical (unpaired) electrons. The fourth-order valence-electron chi connectivity index (χ4n) is 3.85. The van der Waals surface area contributed by atoms with Crippen molar-refractivity contribution in [2.75, 3.05) is 11.4 Å². The number of rotatable bonds is 6. The molecule has 0 bridgehead atoms. The number of amides is 2. The molecule has 0 saturated carbocycles. The van der Waals surface area contributed by atoms with E-state index in [1.54, 1.807) is 4.90 Å². The van der Waals surface area contributed by atoms with Gasteiger partial charge in [0, 0.05) is 23.9 Å². The van der Waals surface area contributed by atoms with E-state index in [0.717, 1.165) is 27.6 Å². The summed E-state index contributed by atoms with van der Waals surface area (Å²) >= 11 is 0. The molecule has 3 aromatic carbocycles. The molecule has 0 fully saturated rings. The van der Waals surface area contributed by atoms with E-state index in [4.69, 9.17) is 0 Å². The van der Waals surface area contributed by atoms with Gasteiger partial charge < -0.3 is 10.2 Å². The molecule has 4 heteroatoms. The zero-order valence-electron chi connectivity index (χ0n) is 16.2. The van der Waals surface area contributed by atoms with E-state index in [9.17, 15) is 9.59 Å². The Labute approximate surface area is 165 Å². The van der Waals surface area contributed by atoms with E-state index in [1.165, 1.54) is 5.56 Å². The van der Waals surface area contributed by atoms with E-state index < -0.39 is 0 Å². The number of anilines is 1. The van der Waals surface area contributed by atoms with Crippen LogP contribution in [0.3, 0.4) is 0 Å². The molecule has 1 aliphatic heterocycles. The lowest BCUT2D eigenvalue weighted by Crippen LogP contribution is -2.30. The third kappa shape index (κ3) is 3.38. The van der Waals surface area contributed by atoms with Gasteiger partial charge in [-0.05, 0) is 43.4 Å². The van der Waals surface area contributed by atoms with E-state index in [0.29, 0.717) is 19.4 Å². The maximum Gasteiger partial charge on any atom is 0.258 e. The maximum atomic E-state index is 12.8. The number of aryl methyl sites for hydroxylation is 1. The molecule has 0 aliphatic carbocycles. The first kappa shape index (κ1) is 18.2. The maximum absolute atomic E-state index is 12.8. The highest BCUT2D eigenvalue weighted by Gasteiger charge is 2.29. The molecule has 0 unspecified atom stereocenters. The molecule has 4 nitrogen and oxygen atoms in total. The summed E-state index contributed by atoms with van der Waals surface area (Å²) in [7, 11) is 0. The molecule has 4 rings (SSSR count). The predicted octanol–water partition coefficient (Wildman–Crippen LogP) is 4.77. The zero-order valence-corrected chi connectivity index (χ0v) is 16.2. The average Bonchev–Trinajstić information content (AvgIpc) is 2.96. The number of nitrogens with zero attached hydrogens (tertiary/aromatic N) is 1. The molecule has 28 heavy (non-hydrogen) atoms. The molecule has 2 amide bonds. The van der Waals surface area contributed by atoms with Crippen molar-refractivity contribution in [1.82, 2.24) is 5.32 Å². The monoisotopic (exact) mass is 372 g/mol. The molecule has 1 heterocycles. The van der Waals surface area contributed by atoms with Gasteiger partial charge in [-0.1, -0.05) is 54.1 Å². The second-order valence-corrected chi connectivity index (χ2v) is 7.44. The quantitative estimate of drug-likeness (QED) is 0.678. The molecule has 1 atom stereocenters. The van der Waals surface area contributed by atoms with Gasteiger partial charge in [0.05, 0.1) is 11.7 Å². The van der Waals surface area contributed by atoms with Crippen LogP contribution in [-0.2, 0) is 4.79 Å². The third-order valence-corrected chi connectivity index (χ3v) is 5.39. The van der Waals surface area contributed by atoms with Gasteiger partial charge in [-0.2, -0.15) is 0 Å². The number of carbonyl (C=O) groups is 2. The van der Waals surface area contributed by atoms with Crippen molar-refractivity contribution in [3.63, 3.8) is 0 Å². The lowest BCUT2D eigenvalue weighted by atomic mass is 10.1. The first-order chi connectivity index (χ1) is 13.5. The van der Waals surface area contributed by atoms with Crippen LogP contribution in [0.4, 0.5) is 5.69 Å². The van der Waals surface area contributed by atoms with E-state index >= 15 is 0 Å². The lowest BCUT2D eigenvalue weighted by molar-refractivity contribution is -0.121. The van der Waals surface area contributed by atoms with Gasteiger partial charge in [0.2, 0.25) is 5.91 Å². The van der Waals surface area contributed by atoms with Crippen LogP contribution in [0.2, 0.25) is 0 Å². The van der Waals surface area contributed by atoms with Crippen molar-refractivity contribution < 1.29 is 9.59 Å². The highest BCUT2D eigenvalue weighted by molar-refractivity contribution is 6.25. The van der Waals surface area contributed by atoms with Crippen molar-refractivity contribution in [2.45, 2.75) is 32.7 Å². The lowest BCUT2D eigenvalue weighted by Gasteiger charge is -2.18. The summed E-state index contributed by atoms with van der Waals surface area (Å²) in [4.78, 5) is 26.9. The molecule has 3 aromatic rings. The summed E-state index contributed by atoms with van der Waals surface area (Å²) in [6, 6.07) is 20.0. The summed E-state index contributed by atoms with van der Waals surface area (Å²) in [6.07, 6.45) is 1.02. The van der Waals surface area contributed by atoms with Crippen LogP contribution in [-0.4, -0.2) is 18.4 Å². The fraction of sp³-hybridized carbons (Fsp3) is 0.250. The first-order valence-electron chi connectivity index (χ1n) is 9.74. The molecule has 142 valence electrons. The fourth-order valence-corrected chi connectivity index (χ4v) is 3.85. The van der Waals surface area contributed by atoms with E-state index in [2.05, 4.69) is 17.4 Å². The molecule has 1 N–H and O–H groups in total.